The second-order valence-corrected chi connectivity index (χ2v) is 12.8. The van der Waals surface area contributed by atoms with Crippen LogP contribution in [0.3, 0.4) is 0 Å². The normalized spacial score (nSPS) is 25.7. The molecule has 0 aliphatic carbocycles. The first kappa shape index (κ1) is 32.1. The van der Waals surface area contributed by atoms with E-state index in [-0.39, 0.29) is 37.5 Å². The molecule has 31 heavy (non-hydrogen) atoms. The first-order chi connectivity index (χ1) is 13.3. The molecule has 6 nitrogen and oxygen atoms in total. The molecule has 0 aromatic rings. The Morgan fingerprint density at radius 3 is 1.03 bits per heavy atom. The van der Waals surface area contributed by atoms with Gasteiger partial charge in [-0.3, -0.25) is 0 Å². The first-order valence-electron chi connectivity index (χ1n) is 10.0. The molecule has 0 unspecified atom stereocenters. The molecule has 184 valence electrons. The van der Waals surface area contributed by atoms with Crippen molar-refractivity contribution in [1.82, 2.24) is 10.1 Å². The van der Waals surface area contributed by atoms with Crippen LogP contribution < -0.4 is 0 Å². The molecule has 2 aliphatic heterocycles. The second kappa shape index (κ2) is 11.7. The Balaban J connectivity index is 0.000000562. The smallest absolute Gasteiger partial charge is 0.784 e. The van der Waals surface area contributed by atoms with Gasteiger partial charge in [-0.05, 0) is 81.1 Å². The fourth-order valence-electron chi connectivity index (χ4n) is 4.80. The van der Waals surface area contributed by atoms with Crippen molar-refractivity contribution < 1.29 is 26.0 Å². The van der Waals surface area contributed by atoms with Crippen LogP contribution in [0.15, 0.2) is 0 Å². The monoisotopic (exact) mass is 554 g/mol. The topological polar surface area (TPSA) is 71.1 Å². The Morgan fingerprint density at radius 2 is 0.871 bits per heavy atom. The molecule has 2 saturated heterocycles. The molecule has 0 spiro atoms. The number of ether oxygens (including phenoxy) is 2. The van der Waals surface area contributed by atoms with Crippen molar-refractivity contribution in [2.24, 2.45) is 0 Å². The molecule has 2 aliphatic rings. The Hall–Kier alpha value is 1.13. The Kier molecular flexibility index (Phi) is 12.1. The van der Waals surface area contributed by atoms with Gasteiger partial charge in [-0.15, -0.1) is 0 Å². The minimum absolute atomic E-state index is 0. The largest absolute Gasteiger partial charge is 2.00 e. The number of hydroxylamine groups is 4. The van der Waals surface area contributed by atoms with Crippen molar-refractivity contribution in [3.63, 3.8) is 0 Å². The standard InChI is InChI=1S/2C10H18NO2S2.Ni/c2*1-9(2)5-7(13-8(14)15)6-10(3,4)11(9)12;/h2*7H,5-6H2,1-4H3,(H,14,15);/q2*-1;+2. The maximum absolute atomic E-state index is 12.0. The summed E-state index contributed by atoms with van der Waals surface area (Å²) in [6.45, 7) is 15.4. The summed E-state index contributed by atoms with van der Waals surface area (Å²) in [5.74, 6) is 0. The van der Waals surface area contributed by atoms with E-state index in [1.165, 1.54) is 10.1 Å². The minimum atomic E-state index is -0.412. The molecule has 0 radical (unpaired) electrons. The zero-order valence-corrected chi connectivity index (χ0v) is 23.9. The predicted molar refractivity (Wildman–Crippen MR) is 137 cm³/mol. The van der Waals surface area contributed by atoms with E-state index in [9.17, 15) is 10.4 Å². The van der Waals surface area contributed by atoms with E-state index in [1.54, 1.807) is 0 Å². The number of nitrogens with zero attached hydrogens (tertiary/aromatic N) is 2. The van der Waals surface area contributed by atoms with Crippen LogP contribution in [0.25, 0.3) is 0 Å². The summed E-state index contributed by atoms with van der Waals surface area (Å²) in [5, 5.41) is 26.4. The van der Waals surface area contributed by atoms with Gasteiger partial charge in [0.1, 0.15) is 0 Å². The quantitative estimate of drug-likeness (QED) is 0.170. The van der Waals surface area contributed by atoms with Crippen LogP contribution in [-0.4, -0.2) is 53.3 Å². The fourth-order valence-corrected chi connectivity index (χ4v) is 5.37. The van der Waals surface area contributed by atoms with Crippen LogP contribution in [0.1, 0.15) is 81.1 Å². The minimum Gasteiger partial charge on any atom is -0.784 e. The Morgan fingerprint density at radius 1 is 0.677 bits per heavy atom. The SMILES string of the molecule is CC1(C)CC(OC([S-])=[SH+])CC(C)(C)N1[O-].CC1(C)CC(OC([S-])=[SH+])CC(C)(C)N1[O-].[Ni+2]. The summed E-state index contributed by atoms with van der Waals surface area (Å²) in [5.41, 5.74) is -1.65. The number of hydrogen-bond donors (Lipinski definition) is 0. The van der Waals surface area contributed by atoms with Gasteiger partial charge in [-0.1, -0.05) is 0 Å². The molecule has 2 rings (SSSR count). The molecule has 0 N–H and O–H groups in total. The van der Waals surface area contributed by atoms with Crippen molar-refractivity contribution in [2.45, 2.75) is 115 Å². The third-order valence-corrected chi connectivity index (χ3v) is 6.05. The zero-order valence-electron chi connectivity index (χ0n) is 19.5. The van der Waals surface area contributed by atoms with E-state index in [4.69, 9.17) is 34.7 Å². The van der Waals surface area contributed by atoms with Crippen LogP contribution in [0, 0.1) is 10.4 Å². The Labute approximate surface area is 219 Å². The second-order valence-electron chi connectivity index (χ2n) is 10.7. The van der Waals surface area contributed by atoms with E-state index in [0.29, 0.717) is 25.7 Å². The molecule has 11 heteroatoms. The third-order valence-electron chi connectivity index (χ3n) is 5.64. The number of hydrogen-bond acceptors (Lipinski definition) is 8. The summed E-state index contributed by atoms with van der Waals surface area (Å²) in [6, 6.07) is 0. The third kappa shape index (κ3) is 9.36. The van der Waals surface area contributed by atoms with Crippen LogP contribution >= 0.6 is 0 Å². The van der Waals surface area contributed by atoms with Crippen LogP contribution in [0.2, 0.25) is 0 Å². The predicted octanol–water partition coefficient (Wildman–Crippen LogP) is 2.87. The van der Waals surface area contributed by atoms with Crippen molar-refractivity contribution in [1.29, 1.82) is 0 Å². The number of piperidine rings is 2. The maximum atomic E-state index is 12.0. The van der Waals surface area contributed by atoms with Gasteiger partial charge in [0, 0.05) is 22.2 Å². The van der Waals surface area contributed by atoms with Gasteiger partial charge >= 0.3 is 16.5 Å². The van der Waals surface area contributed by atoms with Gasteiger partial charge in [0.2, 0.25) is 0 Å². The number of thiol groups is 2. The van der Waals surface area contributed by atoms with Gasteiger partial charge in [-0.2, -0.15) is 0 Å². The van der Waals surface area contributed by atoms with Gasteiger partial charge < -0.3 is 55.3 Å². The van der Waals surface area contributed by atoms with E-state index >= 15 is 0 Å². The summed E-state index contributed by atoms with van der Waals surface area (Å²) in [7, 11) is 0. The molecule has 0 bridgehead atoms. The Bertz CT molecular complexity index is 557. The summed E-state index contributed by atoms with van der Waals surface area (Å²) < 4.78 is 11.4. The summed E-state index contributed by atoms with van der Waals surface area (Å²) >= 11 is 17.5. The van der Waals surface area contributed by atoms with Crippen molar-refractivity contribution in [3.05, 3.63) is 10.4 Å². The summed E-state index contributed by atoms with van der Waals surface area (Å²) in [4.78, 5) is 0. The molecule has 0 amide bonds. The van der Waals surface area contributed by atoms with Crippen LogP contribution in [0.5, 0.6) is 0 Å². The first-order valence-corrected chi connectivity index (χ1v) is 11.8. The van der Waals surface area contributed by atoms with Crippen molar-refractivity contribution >= 4 is 58.5 Å². The fraction of sp³-hybridized carbons (Fsp3) is 0.900. The molecule has 0 aromatic heterocycles. The average Bonchev–Trinajstić information content (AvgIpc) is 2.48. The number of rotatable bonds is 2. The molecule has 0 atom stereocenters. The summed E-state index contributed by atoms with van der Waals surface area (Å²) in [6.07, 6.45) is 2.71. The van der Waals surface area contributed by atoms with E-state index in [0.717, 1.165) is 0 Å². The average molecular weight is 555 g/mol. The van der Waals surface area contributed by atoms with E-state index < -0.39 is 22.2 Å². The van der Waals surface area contributed by atoms with Gasteiger partial charge in [0.05, 0.1) is 12.2 Å². The van der Waals surface area contributed by atoms with Crippen LogP contribution in [-0.2, 0) is 75.7 Å². The van der Waals surface area contributed by atoms with Gasteiger partial charge in [-0.25, -0.2) is 0 Å². The molecule has 2 heterocycles. The maximum Gasteiger partial charge on any atom is 2.00 e. The molecule has 2 fully saturated rings. The van der Waals surface area contributed by atoms with Gasteiger partial charge in [0.15, 0.2) is 33.2 Å². The van der Waals surface area contributed by atoms with Gasteiger partial charge in [0.25, 0.3) is 0 Å². The molecule has 0 saturated carbocycles. The van der Waals surface area contributed by atoms with E-state index in [2.05, 4.69) is 24.4 Å². The van der Waals surface area contributed by atoms with Crippen LogP contribution in [0.4, 0.5) is 0 Å². The molecular formula is C20H36N2NiO4S4. The van der Waals surface area contributed by atoms with E-state index in [1.807, 2.05) is 55.4 Å². The molecular weight excluding hydrogens is 519 g/mol. The zero-order chi connectivity index (χ0) is 23.7. The molecule has 0 aromatic carbocycles. The van der Waals surface area contributed by atoms with Crippen molar-refractivity contribution in [3.8, 4) is 0 Å². The van der Waals surface area contributed by atoms with Crippen molar-refractivity contribution in [2.75, 3.05) is 0 Å².